The molecule has 2 heterocycles. The van der Waals surface area contributed by atoms with E-state index in [1.807, 2.05) is 23.6 Å². The molecule has 15 heavy (non-hydrogen) atoms. The van der Waals surface area contributed by atoms with Gasteiger partial charge < -0.3 is 0 Å². The van der Waals surface area contributed by atoms with E-state index >= 15 is 0 Å². The number of thiophene rings is 1. The molecule has 75 valence electrons. The molecule has 0 bridgehead atoms. The van der Waals surface area contributed by atoms with E-state index in [1.165, 1.54) is 6.08 Å². The van der Waals surface area contributed by atoms with Crippen LogP contribution < -0.4 is 0 Å². The summed E-state index contributed by atoms with van der Waals surface area (Å²) < 4.78 is 12.5. The summed E-state index contributed by atoms with van der Waals surface area (Å²) >= 11 is 1.57. The summed E-state index contributed by atoms with van der Waals surface area (Å²) in [5.41, 5.74) is 1.89. The van der Waals surface area contributed by atoms with E-state index in [-0.39, 0.29) is 0 Å². The quantitative estimate of drug-likeness (QED) is 0.743. The summed E-state index contributed by atoms with van der Waals surface area (Å²) in [5.74, 6) is -0.425. The van der Waals surface area contributed by atoms with Gasteiger partial charge in [-0.2, -0.15) is 0 Å². The second kappa shape index (κ2) is 4.36. The highest BCUT2D eigenvalue weighted by atomic mass is 32.1. The van der Waals surface area contributed by atoms with Gasteiger partial charge in [0.2, 0.25) is 0 Å². The van der Waals surface area contributed by atoms with E-state index in [2.05, 4.69) is 11.9 Å². The smallest absolute Gasteiger partial charge is 0.101 e. The van der Waals surface area contributed by atoms with Gasteiger partial charge in [0.05, 0.1) is 0 Å². The molecule has 3 heteroatoms. The minimum absolute atomic E-state index is 0.425. The molecule has 0 fully saturated rings. The van der Waals surface area contributed by atoms with Gasteiger partial charge in [-0.3, -0.25) is 4.98 Å². The Bertz CT molecular complexity index is 469. The van der Waals surface area contributed by atoms with Gasteiger partial charge in [-0.25, -0.2) is 4.39 Å². The molecule has 0 aromatic carbocycles. The molecule has 0 atom stereocenters. The van der Waals surface area contributed by atoms with Gasteiger partial charge in [-0.15, -0.1) is 11.3 Å². The van der Waals surface area contributed by atoms with Crippen LogP contribution in [0, 0.1) is 6.92 Å². The molecule has 2 aromatic heterocycles. The normalized spacial score (nSPS) is 11.7. The minimum Gasteiger partial charge on any atom is -0.264 e. The van der Waals surface area contributed by atoms with Crippen molar-refractivity contribution in [1.29, 1.82) is 0 Å². The molecule has 0 unspecified atom stereocenters. The fraction of sp³-hybridized carbons (Fsp3) is 0. The highest BCUT2D eigenvalue weighted by molar-refractivity contribution is 7.13. The van der Waals surface area contributed by atoms with Crippen molar-refractivity contribution in [2.45, 2.75) is 0 Å². The Morgan fingerprint density at radius 3 is 3.07 bits per heavy atom. The number of nitrogens with zero attached hydrogens (tertiary/aromatic N) is 1. The van der Waals surface area contributed by atoms with Crippen LogP contribution in [0.5, 0.6) is 0 Å². The van der Waals surface area contributed by atoms with E-state index in [1.54, 1.807) is 23.7 Å². The van der Waals surface area contributed by atoms with Crippen molar-refractivity contribution in [2.24, 2.45) is 0 Å². The van der Waals surface area contributed by atoms with Crippen LogP contribution >= 0.6 is 11.3 Å². The highest BCUT2D eigenvalue weighted by Crippen LogP contribution is 2.27. The molecular weight excluding hydrogens is 209 g/mol. The zero-order valence-electron chi connectivity index (χ0n) is 7.98. The molecule has 0 spiro atoms. The second-order valence-corrected chi connectivity index (χ2v) is 3.99. The summed E-state index contributed by atoms with van der Waals surface area (Å²) in [6, 6.07) is 5.78. The van der Waals surface area contributed by atoms with Gasteiger partial charge in [0, 0.05) is 29.8 Å². The van der Waals surface area contributed by atoms with Gasteiger partial charge in [0.1, 0.15) is 5.83 Å². The lowest BCUT2D eigenvalue weighted by molar-refractivity contribution is 0.673. The number of pyridine rings is 1. The van der Waals surface area contributed by atoms with E-state index < -0.39 is 5.83 Å². The summed E-state index contributed by atoms with van der Waals surface area (Å²) in [6.07, 6.45) is 4.93. The third kappa shape index (κ3) is 2.50. The lowest BCUT2D eigenvalue weighted by Crippen LogP contribution is -1.73. The molecule has 2 aromatic rings. The average Bonchev–Trinajstić information content (AvgIpc) is 2.67. The molecule has 0 aliphatic rings. The monoisotopic (exact) mass is 218 g/mol. The molecule has 1 nitrogen and oxygen atoms in total. The van der Waals surface area contributed by atoms with E-state index in [9.17, 15) is 4.39 Å². The Morgan fingerprint density at radius 2 is 2.40 bits per heavy atom. The van der Waals surface area contributed by atoms with Crippen molar-refractivity contribution in [3.05, 3.63) is 54.3 Å². The first-order valence-corrected chi connectivity index (χ1v) is 5.32. The maximum absolute atomic E-state index is 12.5. The van der Waals surface area contributed by atoms with Crippen molar-refractivity contribution in [2.75, 3.05) is 0 Å². The van der Waals surface area contributed by atoms with Crippen LogP contribution in [0.2, 0.25) is 0 Å². The molecule has 0 saturated carbocycles. The Morgan fingerprint density at radius 1 is 1.53 bits per heavy atom. The van der Waals surface area contributed by atoms with E-state index in [0.29, 0.717) is 0 Å². The van der Waals surface area contributed by atoms with Gasteiger partial charge in [0.15, 0.2) is 0 Å². The number of hydrogen-bond donors (Lipinski definition) is 0. The van der Waals surface area contributed by atoms with Crippen molar-refractivity contribution in [1.82, 2.24) is 4.98 Å². The molecule has 0 aliphatic carbocycles. The van der Waals surface area contributed by atoms with Crippen LogP contribution in [0.3, 0.4) is 0 Å². The van der Waals surface area contributed by atoms with Crippen molar-refractivity contribution in [3.8, 4) is 10.4 Å². The molecule has 0 amide bonds. The third-order valence-electron chi connectivity index (χ3n) is 1.89. The van der Waals surface area contributed by atoms with Crippen LogP contribution in [-0.4, -0.2) is 4.98 Å². The Labute approximate surface area is 91.9 Å². The SMILES string of the molecule is [CH2]/C(F)=C/c1csc(-c2cccnc2)c1. The number of rotatable bonds is 2. The first-order chi connectivity index (χ1) is 7.25. The molecule has 0 saturated heterocycles. The Balaban J connectivity index is 2.32. The lowest BCUT2D eigenvalue weighted by atomic mass is 10.2. The fourth-order valence-electron chi connectivity index (χ4n) is 1.27. The minimum atomic E-state index is -0.425. The first-order valence-electron chi connectivity index (χ1n) is 4.44. The second-order valence-electron chi connectivity index (χ2n) is 3.08. The van der Waals surface area contributed by atoms with Crippen LogP contribution in [0.4, 0.5) is 4.39 Å². The molecular formula is C12H9FNS. The fourth-order valence-corrected chi connectivity index (χ4v) is 2.13. The van der Waals surface area contributed by atoms with Gasteiger partial charge in [-0.1, -0.05) is 6.07 Å². The van der Waals surface area contributed by atoms with Gasteiger partial charge in [-0.05, 0) is 29.2 Å². The van der Waals surface area contributed by atoms with Crippen LogP contribution in [0.25, 0.3) is 16.5 Å². The van der Waals surface area contributed by atoms with E-state index in [0.717, 1.165) is 16.0 Å². The third-order valence-corrected chi connectivity index (χ3v) is 2.89. The highest BCUT2D eigenvalue weighted by Gasteiger charge is 2.01. The predicted octanol–water partition coefficient (Wildman–Crippen LogP) is 3.95. The standard InChI is InChI=1S/C12H9FNS/c1-9(13)5-10-6-12(15-8-10)11-3-2-4-14-7-11/h2-8H,1H2/b9-5-. The number of halogens is 1. The van der Waals surface area contributed by atoms with Gasteiger partial charge in [0.25, 0.3) is 0 Å². The first kappa shape index (κ1) is 10.1. The summed E-state index contributed by atoms with van der Waals surface area (Å²) in [6.45, 7) is 3.20. The Hall–Kier alpha value is -1.48. The molecule has 0 aliphatic heterocycles. The zero-order valence-corrected chi connectivity index (χ0v) is 8.80. The maximum Gasteiger partial charge on any atom is 0.101 e. The van der Waals surface area contributed by atoms with Crippen molar-refractivity contribution < 1.29 is 4.39 Å². The van der Waals surface area contributed by atoms with E-state index in [4.69, 9.17) is 0 Å². The Kier molecular flexibility index (Phi) is 2.92. The number of aromatic nitrogens is 1. The van der Waals surface area contributed by atoms with Crippen molar-refractivity contribution in [3.63, 3.8) is 0 Å². The molecule has 2 rings (SSSR count). The lowest BCUT2D eigenvalue weighted by Gasteiger charge is -1.93. The topological polar surface area (TPSA) is 12.9 Å². The summed E-state index contributed by atoms with van der Waals surface area (Å²) in [4.78, 5) is 5.12. The zero-order chi connectivity index (χ0) is 10.7. The van der Waals surface area contributed by atoms with Crippen LogP contribution in [0.15, 0.2) is 41.8 Å². The maximum atomic E-state index is 12.5. The summed E-state index contributed by atoms with van der Waals surface area (Å²) in [5, 5.41) is 1.90. The predicted molar refractivity (Wildman–Crippen MR) is 62.0 cm³/mol. The van der Waals surface area contributed by atoms with Crippen molar-refractivity contribution >= 4 is 17.4 Å². The van der Waals surface area contributed by atoms with Crippen LogP contribution in [-0.2, 0) is 0 Å². The molecule has 0 N–H and O–H groups in total. The van der Waals surface area contributed by atoms with Crippen LogP contribution in [0.1, 0.15) is 5.56 Å². The largest absolute Gasteiger partial charge is 0.264 e. The summed E-state index contributed by atoms with van der Waals surface area (Å²) in [7, 11) is 0. The average molecular weight is 218 g/mol. The number of hydrogen-bond acceptors (Lipinski definition) is 2. The number of allylic oxidation sites excluding steroid dienone is 1. The molecule has 1 radical (unpaired) electrons. The van der Waals surface area contributed by atoms with Gasteiger partial charge >= 0.3 is 0 Å².